The van der Waals surface area contributed by atoms with Crippen molar-refractivity contribution in [1.82, 2.24) is 14.5 Å². The smallest absolute Gasteiger partial charge is 0.231 e. The lowest BCUT2D eigenvalue weighted by molar-refractivity contribution is 0.468. The Hall–Kier alpha value is -3.12. The van der Waals surface area contributed by atoms with Gasteiger partial charge in [0.25, 0.3) is 0 Å². The third-order valence-electron chi connectivity index (χ3n) is 4.30. The summed E-state index contributed by atoms with van der Waals surface area (Å²) in [6.07, 6.45) is 6.84. The highest BCUT2D eigenvalue weighted by atomic mass is 16.5. The Labute approximate surface area is 144 Å². The van der Waals surface area contributed by atoms with E-state index in [2.05, 4.69) is 9.97 Å². The van der Waals surface area contributed by atoms with E-state index in [0.29, 0.717) is 12.4 Å². The molecule has 0 radical (unpaired) electrons. The third-order valence-corrected chi connectivity index (χ3v) is 4.30. The quantitative estimate of drug-likeness (QED) is 0.605. The summed E-state index contributed by atoms with van der Waals surface area (Å²) in [5, 5.41) is 0.882. The van der Waals surface area contributed by atoms with Gasteiger partial charge in [-0.25, -0.2) is 9.97 Å². The number of hydrogen-bond donors (Lipinski definition) is 1. The molecule has 1 unspecified atom stereocenters. The summed E-state index contributed by atoms with van der Waals surface area (Å²) in [4.78, 5) is 8.52. The molecule has 1 aromatic carbocycles. The Morgan fingerprint density at radius 2 is 1.96 bits per heavy atom. The van der Waals surface area contributed by atoms with Crippen LogP contribution in [-0.2, 0) is 7.05 Å². The van der Waals surface area contributed by atoms with Crippen LogP contribution in [0.1, 0.15) is 17.0 Å². The van der Waals surface area contributed by atoms with Crippen molar-refractivity contribution in [3.05, 3.63) is 72.6 Å². The van der Waals surface area contributed by atoms with E-state index in [1.165, 1.54) is 6.33 Å². The molecule has 0 aliphatic rings. The molecule has 6 nitrogen and oxygen atoms in total. The average Bonchev–Trinajstić information content (AvgIpc) is 3.29. The van der Waals surface area contributed by atoms with E-state index in [1.807, 2.05) is 54.2 Å². The first-order valence-electron chi connectivity index (χ1n) is 8.02. The van der Waals surface area contributed by atoms with E-state index in [4.69, 9.17) is 14.9 Å². The molecule has 0 fully saturated rings. The van der Waals surface area contributed by atoms with Crippen molar-refractivity contribution < 1.29 is 9.15 Å². The summed E-state index contributed by atoms with van der Waals surface area (Å²) in [5.41, 5.74) is 8.95. The van der Waals surface area contributed by atoms with Crippen molar-refractivity contribution in [1.29, 1.82) is 0 Å². The third kappa shape index (κ3) is 2.88. The molecule has 126 valence electrons. The minimum absolute atomic E-state index is 0.104. The second-order valence-corrected chi connectivity index (χ2v) is 5.86. The van der Waals surface area contributed by atoms with Gasteiger partial charge in [0.05, 0.1) is 17.9 Å². The van der Waals surface area contributed by atoms with Crippen LogP contribution in [0.15, 0.2) is 65.9 Å². The number of aryl methyl sites for hydroxylation is 1. The lowest BCUT2D eigenvalue weighted by Crippen LogP contribution is -2.13. The number of ether oxygens (including phenoxy) is 1. The lowest BCUT2D eigenvalue weighted by Gasteiger charge is -2.14. The molecular formula is C19H18N4O2. The fraction of sp³-hybridized carbons (Fsp3) is 0.158. The molecule has 1 atom stereocenters. The van der Waals surface area contributed by atoms with Crippen molar-refractivity contribution in [2.24, 2.45) is 12.8 Å². The molecular weight excluding hydrogens is 316 g/mol. The summed E-state index contributed by atoms with van der Waals surface area (Å²) in [6, 6.07) is 11.8. The van der Waals surface area contributed by atoms with Gasteiger partial charge in [-0.1, -0.05) is 12.1 Å². The number of hydrogen-bond acceptors (Lipinski definition) is 5. The fourth-order valence-corrected chi connectivity index (χ4v) is 2.95. The maximum Gasteiger partial charge on any atom is 0.231 e. The van der Waals surface area contributed by atoms with Crippen LogP contribution in [0.25, 0.3) is 11.0 Å². The second kappa shape index (κ2) is 6.41. The van der Waals surface area contributed by atoms with Crippen molar-refractivity contribution in [3.8, 4) is 11.6 Å². The SMILES string of the molecule is Cn1ccc2c(Oc3ccc(C(CN)c4ccoc4)cc3)ncnc21. The zero-order valence-corrected chi connectivity index (χ0v) is 13.8. The first-order valence-corrected chi connectivity index (χ1v) is 8.02. The molecule has 3 aromatic heterocycles. The van der Waals surface area contributed by atoms with Gasteiger partial charge in [0.15, 0.2) is 0 Å². The molecule has 0 amide bonds. The highest BCUT2D eigenvalue weighted by Crippen LogP contribution is 2.29. The van der Waals surface area contributed by atoms with Crippen LogP contribution in [0.2, 0.25) is 0 Å². The zero-order valence-electron chi connectivity index (χ0n) is 13.8. The molecule has 0 spiro atoms. The Morgan fingerprint density at radius 3 is 2.68 bits per heavy atom. The molecule has 6 heteroatoms. The normalized spacial score (nSPS) is 12.4. The standard InChI is InChI=1S/C19H18N4O2/c1-23-8-6-16-18(23)21-12-22-19(16)25-15-4-2-13(3-5-15)17(10-20)14-7-9-24-11-14/h2-9,11-12,17H,10,20H2,1H3. The van der Waals surface area contributed by atoms with Gasteiger partial charge in [0.2, 0.25) is 5.88 Å². The number of benzene rings is 1. The summed E-state index contributed by atoms with van der Waals surface area (Å²) in [7, 11) is 1.94. The topological polar surface area (TPSA) is 79.1 Å². The Morgan fingerprint density at radius 1 is 1.12 bits per heavy atom. The Balaban J connectivity index is 1.60. The fourth-order valence-electron chi connectivity index (χ4n) is 2.95. The van der Waals surface area contributed by atoms with Crippen molar-refractivity contribution in [2.45, 2.75) is 5.92 Å². The molecule has 0 aliphatic heterocycles. The van der Waals surface area contributed by atoms with E-state index < -0.39 is 0 Å². The molecule has 0 aliphatic carbocycles. The van der Waals surface area contributed by atoms with E-state index in [0.717, 1.165) is 27.9 Å². The molecule has 2 N–H and O–H groups in total. The van der Waals surface area contributed by atoms with E-state index in [1.54, 1.807) is 12.5 Å². The first-order chi connectivity index (χ1) is 12.3. The Kier molecular flexibility index (Phi) is 3.95. The van der Waals surface area contributed by atoms with Crippen LogP contribution in [0.5, 0.6) is 11.6 Å². The largest absolute Gasteiger partial charge is 0.472 e. The zero-order chi connectivity index (χ0) is 17.2. The monoisotopic (exact) mass is 334 g/mol. The van der Waals surface area contributed by atoms with Crippen LogP contribution in [-0.4, -0.2) is 21.1 Å². The first kappa shape index (κ1) is 15.4. The molecule has 4 rings (SSSR count). The summed E-state index contributed by atoms with van der Waals surface area (Å²) in [5.74, 6) is 1.37. The molecule has 0 bridgehead atoms. The maximum atomic E-state index is 5.95. The van der Waals surface area contributed by atoms with E-state index >= 15 is 0 Å². The predicted octanol–water partition coefficient (Wildman–Crippen LogP) is 3.44. The second-order valence-electron chi connectivity index (χ2n) is 5.86. The number of furan rings is 1. The molecule has 4 aromatic rings. The van der Waals surface area contributed by atoms with Crippen LogP contribution < -0.4 is 10.5 Å². The van der Waals surface area contributed by atoms with Gasteiger partial charge in [-0.05, 0) is 35.4 Å². The number of nitrogens with two attached hydrogens (primary N) is 1. The minimum atomic E-state index is 0.104. The van der Waals surface area contributed by atoms with Crippen LogP contribution in [0.3, 0.4) is 0 Å². The average molecular weight is 334 g/mol. The van der Waals surface area contributed by atoms with Gasteiger partial charge < -0.3 is 19.5 Å². The van der Waals surface area contributed by atoms with Gasteiger partial charge in [-0.2, -0.15) is 0 Å². The van der Waals surface area contributed by atoms with E-state index in [-0.39, 0.29) is 5.92 Å². The molecule has 0 saturated heterocycles. The minimum Gasteiger partial charge on any atom is -0.472 e. The molecule has 25 heavy (non-hydrogen) atoms. The predicted molar refractivity (Wildman–Crippen MR) is 94.6 cm³/mol. The van der Waals surface area contributed by atoms with Crippen LogP contribution >= 0.6 is 0 Å². The van der Waals surface area contributed by atoms with E-state index in [9.17, 15) is 0 Å². The number of rotatable bonds is 5. The summed E-state index contributed by atoms with van der Waals surface area (Å²) < 4.78 is 13.1. The van der Waals surface area contributed by atoms with Gasteiger partial charge >= 0.3 is 0 Å². The number of aromatic nitrogens is 3. The van der Waals surface area contributed by atoms with Gasteiger partial charge in [0.1, 0.15) is 17.7 Å². The number of fused-ring (bicyclic) bond motifs is 1. The van der Waals surface area contributed by atoms with Gasteiger partial charge in [0, 0.05) is 25.7 Å². The van der Waals surface area contributed by atoms with Gasteiger partial charge in [-0.15, -0.1) is 0 Å². The summed E-state index contributed by atoms with van der Waals surface area (Å²) in [6.45, 7) is 0.510. The van der Waals surface area contributed by atoms with Crippen molar-refractivity contribution in [3.63, 3.8) is 0 Å². The number of nitrogens with zero attached hydrogens (tertiary/aromatic N) is 3. The van der Waals surface area contributed by atoms with Crippen molar-refractivity contribution in [2.75, 3.05) is 6.54 Å². The highest BCUT2D eigenvalue weighted by molar-refractivity contribution is 5.81. The Bertz CT molecular complexity index is 975. The van der Waals surface area contributed by atoms with Crippen LogP contribution in [0, 0.1) is 0 Å². The van der Waals surface area contributed by atoms with Gasteiger partial charge in [-0.3, -0.25) is 0 Å². The van der Waals surface area contributed by atoms with Crippen LogP contribution in [0.4, 0.5) is 0 Å². The molecule has 3 heterocycles. The van der Waals surface area contributed by atoms with Crippen molar-refractivity contribution >= 4 is 11.0 Å². The summed E-state index contributed by atoms with van der Waals surface area (Å²) >= 11 is 0. The maximum absolute atomic E-state index is 5.95. The highest BCUT2D eigenvalue weighted by Gasteiger charge is 2.14. The molecule has 0 saturated carbocycles. The lowest BCUT2D eigenvalue weighted by atomic mass is 9.93.